The van der Waals surface area contributed by atoms with Gasteiger partial charge in [0.25, 0.3) is 0 Å². The van der Waals surface area contributed by atoms with Crippen LogP contribution in [-0.4, -0.2) is 75.7 Å². The molecule has 0 heterocycles. The Bertz CT molecular complexity index is 224. The first kappa shape index (κ1) is 23.4. The van der Waals surface area contributed by atoms with Crippen molar-refractivity contribution in [3.8, 4) is 0 Å². The van der Waals surface area contributed by atoms with Crippen LogP contribution >= 0.6 is 0 Å². The molecule has 0 saturated heterocycles. The Morgan fingerprint density at radius 1 is 1.14 bits per heavy atom. The van der Waals surface area contributed by atoms with Crippen LogP contribution in [0.5, 0.6) is 0 Å². The predicted molar refractivity (Wildman–Crippen MR) is 43.7 cm³/mol. The van der Waals surface area contributed by atoms with Crippen LogP contribution in [0, 0.1) is 0 Å². The van der Waals surface area contributed by atoms with Crippen molar-refractivity contribution in [3.63, 3.8) is 0 Å². The topological polar surface area (TPSA) is 190 Å². The smallest absolute Gasteiger partial charge is 1.00 e. The van der Waals surface area contributed by atoms with E-state index in [9.17, 15) is 0 Å². The van der Waals surface area contributed by atoms with Gasteiger partial charge in [-0.05, 0) is 0 Å². The van der Waals surface area contributed by atoms with E-state index in [1.165, 1.54) is 0 Å². The van der Waals surface area contributed by atoms with Gasteiger partial charge in [0.2, 0.25) is 0 Å². The van der Waals surface area contributed by atoms with Crippen molar-refractivity contribution in [2.75, 3.05) is 0 Å². The van der Waals surface area contributed by atoms with Gasteiger partial charge in [-0.25, -0.2) is 4.79 Å². The summed E-state index contributed by atoms with van der Waals surface area (Å²) in [6.45, 7) is 0. The molecular formula is CH8MgO10SSi. The van der Waals surface area contributed by atoms with Gasteiger partial charge in [0.05, 0.1) is 0 Å². The molecule has 10 nitrogen and oxygen atoms in total. The summed E-state index contributed by atoms with van der Waals surface area (Å²) in [5.74, 6) is 0. The maximum atomic E-state index is 8.74. The Labute approximate surface area is 98.4 Å². The van der Waals surface area contributed by atoms with Crippen molar-refractivity contribution >= 4 is 48.8 Å². The number of rotatable bonds is 0. The van der Waals surface area contributed by atoms with E-state index in [1.54, 1.807) is 0 Å². The molecule has 0 aliphatic rings. The molecule has 84 valence electrons. The largest absolute Gasteiger partial charge is 2.00 e. The van der Waals surface area contributed by atoms with Crippen molar-refractivity contribution in [1.29, 1.82) is 0 Å². The van der Waals surface area contributed by atoms with E-state index >= 15 is 0 Å². The van der Waals surface area contributed by atoms with Gasteiger partial charge in [0, 0.05) is 0 Å². The molecular weight excluding hydrogens is 256 g/mol. The summed E-state index contributed by atoms with van der Waals surface area (Å²) >= 11 is 0. The molecule has 14 heavy (non-hydrogen) atoms. The fraction of sp³-hybridized carbons (Fsp3) is 0. The van der Waals surface area contributed by atoms with Crippen molar-refractivity contribution in [2.45, 2.75) is 0 Å². The third-order valence-corrected chi connectivity index (χ3v) is 0. The van der Waals surface area contributed by atoms with Crippen LogP contribution in [0.15, 0.2) is 0 Å². The molecule has 0 amide bonds. The van der Waals surface area contributed by atoms with Crippen LogP contribution < -0.4 is 0 Å². The molecule has 0 bridgehead atoms. The summed E-state index contributed by atoms with van der Waals surface area (Å²) in [6.07, 6.45) is -1.83. The molecule has 0 aliphatic carbocycles. The summed E-state index contributed by atoms with van der Waals surface area (Å²) in [5, 5.41) is 13.9. The van der Waals surface area contributed by atoms with E-state index in [1.807, 2.05) is 0 Å². The van der Waals surface area contributed by atoms with E-state index < -0.39 is 25.7 Å². The summed E-state index contributed by atoms with van der Waals surface area (Å²) < 4.78 is 40.3. The van der Waals surface area contributed by atoms with Gasteiger partial charge in [-0.15, -0.1) is 0 Å². The first-order chi connectivity index (χ1) is 5.46. The minimum atomic E-state index is -4.67. The van der Waals surface area contributed by atoms with E-state index in [-0.39, 0.29) is 25.9 Å². The molecule has 0 saturated carbocycles. The molecule has 6 N–H and O–H groups in total. The Balaban J connectivity index is -0.0000000216. The zero-order valence-electron chi connectivity index (χ0n) is 8.43. The summed E-state index contributed by atoms with van der Waals surface area (Å²) in [4.78, 5) is 22.9. The van der Waals surface area contributed by atoms with Gasteiger partial charge in [0.1, 0.15) is 0 Å². The molecule has 0 atom stereocenters. The van der Waals surface area contributed by atoms with Gasteiger partial charge in [-0.1, -0.05) is 0 Å². The number of carboxylic acid groups (broad SMARTS) is 2. The molecule has 0 unspecified atom stereocenters. The monoisotopic (exact) mass is 264 g/mol. The van der Waals surface area contributed by atoms with Crippen LogP contribution in [0.4, 0.5) is 4.79 Å². The average Bonchev–Trinajstić information content (AvgIpc) is 1.50. The minimum absolute atomic E-state index is 0. The average molecular weight is 265 g/mol. The fourth-order valence-corrected chi connectivity index (χ4v) is 0. The maximum absolute atomic E-state index is 8.74. The molecule has 0 aromatic rings. The summed E-state index contributed by atoms with van der Waals surface area (Å²) in [5.41, 5.74) is 0. The number of hydrogen-bond donors (Lipinski definition) is 6. The SMILES string of the molecule is O=C(O)O.O=S(=O)(O)O.O=[Si](O)O.[H-].[H-].[Mg+2]. The third-order valence-electron chi connectivity index (χ3n) is 0. The summed E-state index contributed by atoms with van der Waals surface area (Å²) in [7, 11) is -7.80. The second-order valence-electron chi connectivity index (χ2n) is 1.01. The third kappa shape index (κ3) is 5610. The molecule has 0 aromatic carbocycles. The molecule has 0 aliphatic heterocycles. The second kappa shape index (κ2) is 12.5. The molecule has 0 fully saturated rings. The van der Waals surface area contributed by atoms with Gasteiger partial charge < -0.3 is 22.7 Å². The van der Waals surface area contributed by atoms with Gasteiger partial charge in [-0.3, -0.25) is 13.6 Å². The van der Waals surface area contributed by atoms with Crippen LogP contribution in [0.2, 0.25) is 0 Å². The van der Waals surface area contributed by atoms with E-state index in [0.29, 0.717) is 0 Å². The second-order valence-corrected chi connectivity index (χ2v) is 2.47. The van der Waals surface area contributed by atoms with Gasteiger partial charge in [0.15, 0.2) is 0 Å². The maximum Gasteiger partial charge on any atom is 2.00 e. The van der Waals surface area contributed by atoms with Crippen LogP contribution in [0.1, 0.15) is 2.85 Å². The molecule has 0 spiro atoms. The normalized spacial score (nSPS) is 7.57. The van der Waals surface area contributed by atoms with Crippen LogP contribution in [-0.2, 0) is 14.9 Å². The Kier molecular flexibility index (Phi) is 20.9. The van der Waals surface area contributed by atoms with Crippen molar-refractivity contribution in [3.05, 3.63) is 0 Å². The van der Waals surface area contributed by atoms with Crippen molar-refractivity contribution in [2.24, 2.45) is 0 Å². The van der Waals surface area contributed by atoms with Gasteiger partial charge in [-0.2, -0.15) is 8.42 Å². The van der Waals surface area contributed by atoms with E-state index in [0.717, 1.165) is 0 Å². The quantitative estimate of drug-likeness (QED) is 0.207. The van der Waals surface area contributed by atoms with Crippen molar-refractivity contribution in [1.82, 2.24) is 0 Å². The zero-order valence-corrected chi connectivity index (χ0v) is 9.66. The van der Waals surface area contributed by atoms with E-state index in [4.69, 9.17) is 46.6 Å². The number of hydrogen-bond acceptors (Lipinski definition) is 4. The molecule has 0 rings (SSSR count). The Morgan fingerprint density at radius 2 is 1.14 bits per heavy atom. The van der Waals surface area contributed by atoms with Gasteiger partial charge >= 0.3 is 48.8 Å². The first-order valence-electron chi connectivity index (χ1n) is 2.00. The zero-order chi connectivity index (χ0) is 11.7. The van der Waals surface area contributed by atoms with Crippen molar-refractivity contribution < 1.29 is 49.4 Å². The first-order valence-corrected chi connectivity index (χ1v) is 4.70. The molecule has 0 aromatic heterocycles. The predicted octanol–water partition coefficient (Wildman–Crippen LogP) is -2.20. The van der Waals surface area contributed by atoms with Crippen LogP contribution in [0.3, 0.4) is 0 Å². The standard InChI is InChI=1S/CH2O3.Mg.H2O4S.H2O3Si.2H/c2-1(3)4;;1-5(2,3)4;1-4(2)3;;/h(H2,2,3,4);;(H2,1,2,3,4);1-2H;;/q;+2;;;2*-1. The minimum Gasteiger partial charge on any atom is -1.00 e. The fourth-order valence-electron chi connectivity index (χ4n) is 0. The van der Waals surface area contributed by atoms with Crippen LogP contribution in [0.25, 0.3) is 0 Å². The number of carbonyl (C=O) groups is 1. The Hall–Kier alpha value is -0.477. The molecule has 13 heteroatoms. The molecule has 0 radical (unpaired) electrons. The Morgan fingerprint density at radius 3 is 1.14 bits per heavy atom. The van der Waals surface area contributed by atoms with E-state index in [2.05, 4.69) is 0 Å². The summed E-state index contributed by atoms with van der Waals surface area (Å²) in [6, 6.07) is 0.